The van der Waals surface area contributed by atoms with E-state index in [0.29, 0.717) is 110 Å². The second-order valence-corrected chi connectivity index (χ2v) is 28.1. The number of carbonyl (C=O) groups excluding carboxylic acids is 2. The molecule has 0 saturated heterocycles. The number of fused-ring (bicyclic) bond motifs is 14. The monoisotopic (exact) mass is 1630 g/mol. The van der Waals surface area contributed by atoms with Gasteiger partial charge in [-0.2, -0.15) is 0 Å². The highest BCUT2D eigenvalue weighted by atomic mass is 19.1. The number of amides is 1. The maximum Gasteiger partial charge on any atom is 0.295 e. The number of aromatic nitrogens is 12. The molecule has 20 rings (SSSR count). The highest BCUT2D eigenvalue weighted by molar-refractivity contribution is 6.20. The number of ketones is 1. The number of halogens is 1. The van der Waals surface area contributed by atoms with Gasteiger partial charge in [0.2, 0.25) is 0 Å². The Kier molecular flexibility index (Phi) is 22.9. The van der Waals surface area contributed by atoms with Gasteiger partial charge in [0.15, 0.2) is 5.78 Å². The molecule has 1 aliphatic carbocycles. The van der Waals surface area contributed by atoms with Gasteiger partial charge in [0.1, 0.15) is 22.8 Å². The summed E-state index contributed by atoms with van der Waals surface area (Å²) in [6.45, 7) is 0.775. The summed E-state index contributed by atoms with van der Waals surface area (Å²) in [5.41, 5.74) is 11.7. The number of nitrogens with zero attached hydrogens (tertiary/aromatic N) is 14. The van der Waals surface area contributed by atoms with Gasteiger partial charge in [-0.15, -0.1) is 0 Å². The summed E-state index contributed by atoms with van der Waals surface area (Å²) >= 11 is 0. The summed E-state index contributed by atoms with van der Waals surface area (Å²) < 4.78 is 19.4. The van der Waals surface area contributed by atoms with Gasteiger partial charge in [-0.05, 0) is 156 Å². The lowest BCUT2D eigenvalue weighted by molar-refractivity contribution is -0.384. The molecule has 6 aromatic carbocycles. The summed E-state index contributed by atoms with van der Waals surface area (Å²) in [6.07, 6.45) is 18.5. The van der Waals surface area contributed by atoms with Gasteiger partial charge in [-0.25, -0.2) is 19.9 Å². The smallest absolute Gasteiger partial charge is 0.295 e. The Labute approximate surface area is 687 Å². The Balaban J connectivity index is 0.000000114. The lowest BCUT2D eigenvalue weighted by Gasteiger charge is -2.19. The molecule has 1 aliphatic heterocycles. The predicted octanol–water partition coefficient (Wildman–Crippen LogP) is 15.7. The Morgan fingerprint density at radius 1 is 0.385 bits per heavy atom. The van der Waals surface area contributed by atoms with Gasteiger partial charge in [-0.3, -0.25) is 83.6 Å². The van der Waals surface area contributed by atoms with Crippen LogP contribution in [0.25, 0.3) is 132 Å². The van der Waals surface area contributed by atoms with Crippen LogP contribution in [0.1, 0.15) is 44.7 Å². The number of Topliss-reactive ketones (excluding diaryl/α,β-unsaturated/α-hetero) is 1. The number of nitro groups is 4. The number of hydrogen-bond donors (Lipinski definition) is 3. The SMILES string of the molecule is Cn1ccc2c(-c3ncccc3[N+](=O)[O-])cccc2c1=O.Cn1ccc2c(ccc3[nH]c4cccnc4c32)c1=O.Cn1ccc2c(ccc3c2c2ncccc2n3CCCF)c1=O.O=C1CCc2c1cccc2-c1ncccc1[N+](=O)[O-].O=C1NCCc2c1cccc2-c1ncccc1[N+](=O)[O-].O=c1[nH]ccc2c(-c3ncccc3[N+](=O)[O-])cccc12. The Morgan fingerprint density at radius 2 is 0.820 bits per heavy atom. The molecule has 12 aromatic heterocycles. The molecule has 3 N–H and O–H groups in total. The molecule has 13 heterocycles. The van der Waals surface area contributed by atoms with Crippen molar-refractivity contribution < 1.29 is 33.7 Å². The van der Waals surface area contributed by atoms with E-state index in [1.54, 1.807) is 146 Å². The van der Waals surface area contributed by atoms with Crippen molar-refractivity contribution in [2.24, 2.45) is 21.1 Å². The summed E-state index contributed by atoms with van der Waals surface area (Å²) in [7, 11) is 5.17. The zero-order chi connectivity index (χ0) is 85.6. The van der Waals surface area contributed by atoms with Crippen molar-refractivity contribution in [2.75, 3.05) is 13.2 Å². The van der Waals surface area contributed by atoms with E-state index in [1.165, 1.54) is 84.1 Å². The number of carbonyl (C=O) groups is 2. The Morgan fingerprint density at radius 3 is 1.37 bits per heavy atom. The van der Waals surface area contributed by atoms with Crippen molar-refractivity contribution in [3.8, 4) is 45.0 Å². The third-order valence-corrected chi connectivity index (χ3v) is 21.0. The summed E-state index contributed by atoms with van der Waals surface area (Å²) in [6, 6.07) is 55.3. The Hall–Kier alpha value is -16.7. The van der Waals surface area contributed by atoms with E-state index >= 15 is 0 Å². The van der Waals surface area contributed by atoms with Crippen molar-refractivity contribution in [3.05, 3.63) is 360 Å². The van der Waals surface area contributed by atoms with Gasteiger partial charge >= 0.3 is 0 Å². The lowest BCUT2D eigenvalue weighted by atomic mass is 9.92. The number of benzene rings is 6. The number of alkyl halides is 1. The molecule has 0 saturated carbocycles. The normalized spacial score (nSPS) is 11.9. The van der Waals surface area contributed by atoms with E-state index in [0.717, 1.165) is 71.2 Å². The van der Waals surface area contributed by atoms with E-state index in [1.807, 2.05) is 60.7 Å². The maximum absolute atomic E-state index is 12.7. The third kappa shape index (κ3) is 15.6. The lowest BCUT2D eigenvalue weighted by Crippen LogP contribution is -2.32. The van der Waals surface area contributed by atoms with Crippen LogP contribution in [0.3, 0.4) is 0 Å². The zero-order valence-electron chi connectivity index (χ0n) is 65.1. The van der Waals surface area contributed by atoms with Crippen LogP contribution >= 0.6 is 0 Å². The quantitative estimate of drug-likeness (QED) is 0.0799. The average molecular weight is 1630 g/mol. The predicted molar refractivity (Wildman–Crippen MR) is 462 cm³/mol. The standard InChI is InChI=1S/C18H16FN3O.C15H11N3O3.C15H11N3O.C14H11N3O3.C14H9N3O3.C14H10N2O3/c1-21-11-7-12-13(18(21)23)5-6-14-16(12)17-15(4-2-9-20-17)22(14)10-3-8-19;1-17-9-7-10-11(4-2-5-12(10)15(17)19)14-13(18(20)21)6-3-8-16-14;1-18-8-6-9-10(15(18)19)4-5-11-13(9)14-12(17-11)3-2-7-16-14;2*18-14-11-4-1-3-10(9(11)6-8-16-14)13-12(17(19)20)5-2-7-15-13;17-13-7-6-9-10(13)3-1-4-11(9)14-12(16(18)19)5-2-8-15-14/h2,4-7,9,11H,3,8,10H2,1H3;2-9H,1H3;2-8,17H,1H3;1-5,7H,6,8H2,(H,16,18);1-8H,(H,16,18);1-5,8H,6-7H2. The van der Waals surface area contributed by atoms with Gasteiger partial charge < -0.3 is 33.6 Å². The summed E-state index contributed by atoms with van der Waals surface area (Å²) in [5, 5.41) is 54.7. The molecular weight excluding hydrogens is 1560 g/mol. The van der Waals surface area contributed by atoms with Crippen LogP contribution in [0, 0.1) is 40.5 Å². The molecule has 122 heavy (non-hydrogen) atoms. The fraction of sp³-hybridized carbons (Fsp3) is 0.111. The summed E-state index contributed by atoms with van der Waals surface area (Å²) in [4.78, 5) is 146. The van der Waals surface area contributed by atoms with Crippen LogP contribution in [0.5, 0.6) is 0 Å². The van der Waals surface area contributed by atoms with Crippen molar-refractivity contribution in [1.82, 2.24) is 63.5 Å². The van der Waals surface area contributed by atoms with Gasteiger partial charge in [0.05, 0.1) is 54.0 Å². The van der Waals surface area contributed by atoms with E-state index in [9.17, 15) is 73.6 Å². The molecule has 2 aliphatic rings. The summed E-state index contributed by atoms with van der Waals surface area (Å²) in [5.74, 6) is -0.0536. The Bertz CT molecular complexity index is 7570. The molecule has 0 spiro atoms. The maximum atomic E-state index is 12.7. The molecule has 0 atom stereocenters. The van der Waals surface area contributed by atoms with Crippen LogP contribution in [-0.4, -0.2) is 103 Å². The van der Waals surface area contributed by atoms with Gasteiger partial charge in [0.25, 0.3) is 50.9 Å². The first-order chi connectivity index (χ1) is 59.1. The van der Waals surface area contributed by atoms with E-state index in [2.05, 4.69) is 49.8 Å². The second kappa shape index (κ2) is 34.6. The fourth-order valence-electron chi connectivity index (χ4n) is 15.3. The molecule has 1 amide bonds. The van der Waals surface area contributed by atoms with E-state index in [-0.39, 0.29) is 74.7 Å². The minimum absolute atomic E-state index is 0.0182. The van der Waals surface area contributed by atoms with Crippen LogP contribution < -0.4 is 27.6 Å². The van der Waals surface area contributed by atoms with Crippen molar-refractivity contribution in [3.63, 3.8) is 0 Å². The number of aryl methyl sites for hydroxylation is 4. The van der Waals surface area contributed by atoms with Crippen LogP contribution in [-0.2, 0) is 40.5 Å². The topological polar surface area (TPSA) is 416 Å². The average Bonchev–Trinajstić information content (AvgIpc) is 1.58. The molecule has 0 bridgehead atoms. The van der Waals surface area contributed by atoms with Crippen molar-refractivity contribution >= 4 is 121 Å². The number of pyridine rings is 10. The zero-order valence-corrected chi connectivity index (χ0v) is 65.1. The first-order valence-corrected chi connectivity index (χ1v) is 38.0. The number of H-pyrrole nitrogens is 2. The minimum Gasteiger partial charge on any atom is -0.353 e. The van der Waals surface area contributed by atoms with Crippen molar-refractivity contribution in [2.45, 2.75) is 32.2 Å². The number of rotatable bonds is 11. The molecule has 0 radical (unpaired) electrons. The van der Waals surface area contributed by atoms with Gasteiger partial charge in [-0.1, -0.05) is 54.6 Å². The minimum atomic E-state index is -0.478. The second-order valence-electron chi connectivity index (χ2n) is 28.1. The molecule has 18 aromatic rings. The van der Waals surface area contributed by atoms with E-state index < -0.39 is 19.7 Å². The molecular formula is C90H68FN17O14. The molecule has 0 unspecified atom stereocenters. The van der Waals surface area contributed by atoms with Crippen LogP contribution in [0.2, 0.25) is 0 Å². The first kappa shape index (κ1) is 80.5. The highest BCUT2D eigenvalue weighted by Gasteiger charge is 2.29. The highest BCUT2D eigenvalue weighted by Crippen LogP contribution is 2.40. The molecule has 604 valence electrons. The third-order valence-electron chi connectivity index (χ3n) is 21.0. The molecule has 0 fully saturated rings. The van der Waals surface area contributed by atoms with Crippen LogP contribution in [0.4, 0.5) is 27.1 Å². The van der Waals surface area contributed by atoms with Crippen LogP contribution in [0.15, 0.2) is 275 Å². The number of aromatic amines is 2. The van der Waals surface area contributed by atoms with Crippen molar-refractivity contribution in [1.29, 1.82) is 0 Å². The fourth-order valence-corrected chi connectivity index (χ4v) is 15.3. The molecule has 31 nitrogen and oxygen atoms in total. The number of nitrogens with one attached hydrogen (secondary N) is 3. The molecule has 32 heteroatoms. The number of hydrogen-bond acceptors (Lipinski definition) is 20. The van der Waals surface area contributed by atoms with Gasteiger partial charge in [0, 0.05) is 209 Å². The largest absolute Gasteiger partial charge is 0.353 e. The first-order valence-electron chi connectivity index (χ1n) is 38.0. The van der Waals surface area contributed by atoms with E-state index in [4.69, 9.17) is 0 Å².